The number of ketones is 1. The maximum Gasteiger partial charge on any atom is 0.167 e. The van der Waals surface area contributed by atoms with Gasteiger partial charge in [0, 0.05) is 43.5 Å². The molecular formula is C22H25NO3. The van der Waals surface area contributed by atoms with Crippen molar-refractivity contribution in [3.63, 3.8) is 0 Å². The zero-order chi connectivity index (χ0) is 18.1. The van der Waals surface area contributed by atoms with Gasteiger partial charge >= 0.3 is 0 Å². The van der Waals surface area contributed by atoms with E-state index in [0.29, 0.717) is 12.3 Å². The van der Waals surface area contributed by atoms with Crippen molar-refractivity contribution in [2.75, 3.05) is 13.2 Å². The van der Waals surface area contributed by atoms with Crippen LogP contribution in [0.5, 0.6) is 5.75 Å². The molecule has 4 heteroatoms. The largest absolute Gasteiger partial charge is 0.491 e. The zero-order valence-electron chi connectivity index (χ0n) is 15.5. The van der Waals surface area contributed by atoms with Crippen LogP contribution in [0, 0.1) is 5.92 Å². The number of carbonyl (C=O) groups is 1. The molecule has 4 nitrogen and oxygen atoms in total. The standard InChI is InChI=1S/C22H25NO3/c1-14(2)26-19-4-3-16-10-22(24)21(20(16)12-19)11-18-9-17(13-23-18)15-5-7-25-8-6-15/h3-4,11-15H,5-10H2,1-2H3/b21-11-. The molecule has 0 aromatic heterocycles. The monoisotopic (exact) mass is 351 g/mol. The fraction of sp³-hybridized carbons (Fsp3) is 0.455. The summed E-state index contributed by atoms with van der Waals surface area (Å²) in [5.74, 6) is 1.55. The third-order valence-electron chi connectivity index (χ3n) is 5.23. The predicted octanol–water partition coefficient (Wildman–Crippen LogP) is 4.14. The molecule has 0 atom stereocenters. The van der Waals surface area contributed by atoms with Gasteiger partial charge in [0.1, 0.15) is 5.75 Å². The summed E-state index contributed by atoms with van der Waals surface area (Å²) in [6, 6.07) is 5.95. The normalized spacial score (nSPS) is 22.0. The molecular weight excluding hydrogens is 326 g/mol. The first-order valence-electron chi connectivity index (χ1n) is 9.48. The molecule has 1 fully saturated rings. The smallest absolute Gasteiger partial charge is 0.167 e. The third kappa shape index (κ3) is 3.51. The molecule has 3 aliphatic rings. The Balaban J connectivity index is 1.53. The first-order chi connectivity index (χ1) is 12.6. The number of benzene rings is 1. The van der Waals surface area contributed by atoms with Crippen LogP contribution in [0.1, 0.15) is 44.2 Å². The van der Waals surface area contributed by atoms with Crippen molar-refractivity contribution in [1.29, 1.82) is 0 Å². The molecule has 0 unspecified atom stereocenters. The highest BCUT2D eigenvalue weighted by molar-refractivity contribution is 6.29. The Kier molecular flexibility index (Phi) is 4.77. The van der Waals surface area contributed by atoms with E-state index in [-0.39, 0.29) is 11.9 Å². The Morgan fingerprint density at radius 3 is 2.81 bits per heavy atom. The summed E-state index contributed by atoms with van der Waals surface area (Å²) in [5.41, 5.74) is 5.21. The molecule has 0 bridgehead atoms. The maximum atomic E-state index is 12.5. The molecule has 0 amide bonds. The van der Waals surface area contributed by atoms with Gasteiger partial charge in [-0.1, -0.05) is 6.07 Å². The number of Topliss-reactive ketones (excluding diaryl/α,β-unsaturated/α-hetero) is 1. The van der Waals surface area contributed by atoms with Crippen molar-refractivity contribution in [2.24, 2.45) is 10.9 Å². The highest BCUT2D eigenvalue weighted by Gasteiger charge is 2.27. The lowest BCUT2D eigenvalue weighted by atomic mass is 9.89. The first kappa shape index (κ1) is 17.2. The maximum absolute atomic E-state index is 12.5. The number of aliphatic imine (C=N–C) groups is 1. The number of fused-ring (bicyclic) bond motifs is 1. The van der Waals surface area contributed by atoms with Gasteiger partial charge in [0.15, 0.2) is 5.78 Å². The number of carbonyl (C=O) groups excluding carboxylic acids is 1. The van der Waals surface area contributed by atoms with E-state index in [1.54, 1.807) is 0 Å². The van der Waals surface area contributed by atoms with Gasteiger partial charge in [0.25, 0.3) is 0 Å². The van der Waals surface area contributed by atoms with Crippen molar-refractivity contribution in [3.05, 3.63) is 47.2 Å². The van der Waals surface area contributed by atoms with Crippen molar-refractivity contribution >= 4 is 17.1 Å². The zero-order valence-corrected chi connectivity index (χ0v) is 15.5. The molecule has 1 aromatic rings. The van der Waals surface area contributed by atoms with Crippen LogP contribution in [0.25, 0.3) is 5.57 Å². The number of hydrogen-bond donors (Lipinski definition) is 0. The molecule has 1 aromatic carbocycles. The molecule has 0 spiro atoms. The van der Waals surface area contributed by atoms with Crippen LogP contribution in [-0.4, -0.2) is 30.8 Å². The van der Waals surface area contributed by atoms with E-state index in [4.69, 9.17) is 9.47 Å². The lowest BCUT2D eigenvalue weighted by Gasteiger charge is -2.22. The van der Waals surface area contributed by atoms with E-state index in [9.17, 15) is 4.79 Å². The van der Waals surface area contributed by atoms with Gasteiger partial charge in [-0.05, 0) is 67.5 Å². The Hall–Kier alpha value is -2.20. The second-order valence-corrected chi connectivity index (χ2v) is 7.53. The summed E-state index contributed by atoms with van der Waals surface area (Å²) in [5, 5.41) is 0. The topological polar surface area (TPSA) is 47.9 Å². The van der Waals surface area contributed by atoms with Crippen molar-refractivity contribution in [2.45, 2.75) is 45.6 Å². The highest BCUT2D eigenvalue weighted by Crippen LogP contribution is 2.35. The molecule has 2 heterocycles. The molecule has 2 aliphatic heterocycles. The third-order valence-corrected chi connectivity index (χ3v) is 5.23. The van der Waals surface area contributed by atoms with Gasteiger partial charge in [-0.3, -0.25) is 9.79 Å². The SMILES string of the molecule is CC(C)Oc1ccc2c(c1)/C(=C/C1=NC=C(C3CCOCC3)C1)C(=O)C2. The second-order valence-electron chi connectivity index (χ2n) is 7.53. The van der Waals surface area contributed by atoms with Gasteiger partial charge in [0.05, 0.1) is 6.10 Å². The Labute approximate surface area is 154 Å². The van der Waals surface area contributed by atoms with Gasteiger partial charge in [0.2, 0.25) is 0 Å². The lowest BCUT2D eigenvalue weighted by Crippen LogP contribution is -2.17. The lowest BCUT2D eigenvalue weighted by molar-refractivity contribution is -0.112. The van der Waals surface area contributed by atoms with Gasteiger partial charge in [-0.15, -0.1) is 0 Å². The molecule has 0 saturated carbocycles. The minimum absolute atomic E-state index is 0.114. The van der Waals surface area contributed by atoms with Crippen LogP contribution in [-0.2, 0) is 16.0 Å². The average Bonchev–Trinajstić information content (AvgIpc) is 3.21. The summed E-state index contributed by atoms with van der Waals surface area (Å²) >= 11 is 0. The van der Waals surface area contributed by atoms with Crippen molar-refractivity contribution in [1.82, 2.24) is 0 Å². The number of rotatable bonds is 4. The number of ether oxygens (including phenoxy) is 2. The molecule has 1 aliphatic carbocycles. The molecule has 4 rings (SSSR count). The summed E-state index contributed by atoms with van der Waals surface area (Å²) < 4.78 is 11.3. The van der Waals surface area contributed by atoms with Crippen LogP contribution in [0.3, 0.4) is 0 Å². The molecule has 1 saturated heterocycles. The molecule has 26 heavy (non-hydrogen) atoms. The summed E-state index contributed by atoms with van der Waals surface area (Å²) in [7, 11) is 0. The predicted molar refractivity (Wildman–Crippen MR) is 103 cm³/mol. The molecule has 0 N–H and O–H groups in total. The average molecular weight is 351 g/mol. The van der Waals surface area contributed by atoms with E-state index in [0.717, 1.165) is 60.6 Å². The fourth-order valence-electron chi connectivity index (χ4n) is 3.92. The van der Waals surface area contributed by atoms with E-state index < -0.39 is 0 Å². The summed E-state index contributed by atoms with van der Waals surface area (Å²) in [6.07, 6.45) is 7.56. The molecule has 136 valence electrons. The first-order valence-corrected chi connectivity index (χ1v) is 9.48. The number of nitrogens with zero attached hydrogens (tertiary/aromatic N) is 1. The second kappa shape index (κ2) is 7.20. The van der Waals surface area contributed by atoms with Gasteiger partial charge in [-0.2, -0.15) is 0 Å². The highest BCUT2D eigenvalue weighted by atomic mass is 16.5. The van der Waals surface area contributed by atoms with Gasteiger partial charge < -0.3 is 9.47 Å². The van der Waals surface area contributed by atoms with E-state index in [2.05, 4.69) is 4.99 Å². The van der Waals surface area contributed by atoms with Crippen LogP contribution >= 0.6 is 0 Å². The van der Waals surface area contributed by atoms with Crippen molar-refractivity contribution < 1.29 is 14.3 Å². The number of allylic oxidation sites excluding steroid dienone is 3. The quantitative estimate of drug-likeness (QED) is 0.766. The summed E-state index contributed by atoms with van der Waals surface area (Å²) in [6.45, 7) is 5.68. The summed E-state index contributed by atoms with van der Waals surface area (Å²) in [4.78, 5) is 17.1. The van der Waals surface area contributed by atoms with E-state index >= 15 is 0 Å². The van der Waals surface area contributed by atoms with Crippen LogP contribution in [0.4, 0.5) is 0 Å². The Morgan fingerprint density at radius 1 is 1.23 bits per heavy atom. The van der Waals surface area contributed by atoms with E-state index in [1.807, 2.05) is 44.3 Å². The van der Waals surface area contributed by atoms with Crippen LogP contribution < -0.4 is 4.74 Å². The van der Waals surface area contributed by atoms with Crippen LogP contribution in [0.15, 0.2) is 41.0 Å². The molecule has 0 radical (unpaired) electrons. The van der Waals surface area contributed by atoms with Crippen molar-refractivity contribution in [3.8, 4) is 5.75 Å². The van der Waals surface area contributed by atoms with Crippen LogP contribution in [0.2, 0.25) is 0 Å². The Bertz CT molecular complexity index is 811. The fourth-order valence-corrected chi connectivity index (χ4v) is 3.92. The van der Waals surface area contributed by atoms with E-state index in [1.165, 1.54) is 5.57 Å². The minimum Gasteiger partial charge on any atom is -0.491 e. The Morgan fingerprint density at radius 2 is 2.04 bits per heavy atom. The van der Waals surface area contributed by atoms with Gasteiger partial charge in [-0.25, -0.2) is 0 Å². The number of hydrogen-bond acceptors (Lipinski definition) is 4. The minimum atomic E-state index is 0.114.